The Morgan fingerprint density at radius 3 is 2.68 bits per heavy atom. The van der Waals surface area contributed by atoms with Crippen LogP contribution in [-0.2, 0) is 12.6 Å². The minimum absolute atomic E-state index is 0.121. The molecule has 0 amide bonds. The van der Waals surface area contributed by atoms with Gasteiger partial charge in [0.2, 0.25) is 11.8 Å². The van der Waals surface area contributed by atoms with Crippen LogP contribution in [-0.4, -0.2) is 24.9 Å². The summed E-state index contributed by atoms with van der Waals surface area (Å²) in [6, 6.07) is 0. The molecule has 0 radical (unpaired) electrons. The van der Waals surface area contributed by atoms with Gasteiger partial charge in [-0.05, 0) is 36.7 Å². The maximum atomic E-state index is 12.2. The topological polar surface area (TPSA) is 96.9 Å². The van der Waals surface area contributed by atoms with Gasteiger partial charge in [-0.3, -0.25) is 4.79 Å². The van der Waals surface area contributed by atoms with E-state index in [0.717, 1.165) is 10.2 Å². The highest BCUT2D eigenvalue weighted by atomic mass is 79.9. The van der Waals surface area contributed by atoms with Crippen molar-refractivity contribution in [1.29, 1.82) is 0 Å². The van der Waals surface area contributed by atoms with Gasteiger partial charge in [0.15, 0.2) is 0 Å². The number of aliphatic hydroxyl groups is 1. The fourth-order valence-electron chi connectivity index (χ4n) is 2.33. The molecule has 3 aromatic rings. The number of halogens is 1. The molecule has 0 aliphatic rings. The lowest BCUT2D eigenvalue weighted by molar-refractivity contribution is 0.0488. The molecule has 22 heavy (non-hydrogen) atoms. The van der Waals surface area contributed by atoms with Crippen molar-refractivity contribution < 1.29 is 9.52 Å². The SMILES string of the molecule is Cc1[nH]c2c(=O)n(C)cc(Br)c2c1-c1nnc(C(C)(C)O)o1. The lowest BCUT2D eigenvalue weighted by Crippen LogP contribution is -2.16. The molecule has 0 atom stereocenters. The van der Waals surface area contributed by atoms with Crippen LogP contribution in [0.1, 0.15) is 25.4 Å². The van der Waals surface area contributed by atoms with Crippen LogP contribution in [0.15, 0.2) is 19.9 Å². The van der Waals surface area contributed by atoms with E-state index in [0.29, 0.717) is 16.5 Å². The summed E-state index contributed by atoms with van der Waals surface area (Å²) >= 11 is 3.47. The second-order valence-corrected chi connectivity index (χ2v) is 6.59. The molecule has 3 aromatic heterocycles. The van der Waals surface area contributed by atoms with Gasteiger partial charge in [-0.25, -0.2) is 0 Å². The number of aromatic amines is 1. The number of nitrogens with one attached hydrogen (secondary N) is 1. The number of aryl methyl sites for hydroxylation is 2. The Morgan fingerprint density at radius 2 is 2.09 bits per heavy atom. The molecular formula is C14H15BrN4O3. The maximum Gasteiger partial charge on any atom is 0.274 e. The van der Waals surface area contributed by atoms with Gasteiger partial charge in [-0.1, -0.05) is 0 Å². The molecule has 0 unspecified atom stereocenters. The Kier molecular flexibility index (Phi) is 3.26. The van der Waals surface area contributed by atoms with Crippen LogP contribution < -0.4 is 5.56 Å². The molecule has 0 aliphatic heterocycles. The van der Waals surface area contributed by atoms with Crippen molar-refractivity contribution >= 4 is 26.8 Å². The lowest BCUT2D eigenvalue weighted by atomic mass is 10.1. The summed E-state index contributed by atoms with van der Waals surface area (Å²) in [7, 11) is 1.68. The number of aromatic nitrogens is 4. The molecule has 0 saturated carbocycles. The Hall–Kier alpha value is -1.93. The third-order valence-electron chi connectivity index (χ3n) is 3.43. The van der Waals surface area contributed by atoms with Crippen molar-refractivity contribution in [2.45, 2.75) is 26.4 Å². The van der Waals surface area contributed by atoms with Crippen LogP contribution in [0.4, 0.5) is 0 Å². The molecule has 0 aliphatic carbocycles. The van der Waals surface area contributed by atoms with E-state index >= 15 is 0 Å². The highest BCUT2D eigenvalue weighted by Gasteiger charge is 2.26. The average molecular weight is 367 g/mol. The molecule has 0 spiro atoms. The maximum absolute atomic E-state index is 12.2. The summed E-state index contributed by atoms with van der Waals surface area (Å²) in [5.41, 5.74) is 0.494. The number of pyridine rings is 1. The molecule has 116 valence electrons. The minimum Gasteiger partial charge on any atom is -0.417 e. The van der Waals surface area contributed by atoms with E-state index in [1.165, 1.54) is 4.57 Å². The zero-order valence-corrected chi connectivity index (χ0v) is 14.1. The first-order valence-electron chi connectivity index (χ1n) is 6.64. The fourth-order valence-corrected chi connectivity index (χ4v) is 3.04. The van der Waals surface area contributed by atoms with Gasteiger partial charge in [0.05, 0.1) is 5.56 Å². The van der Waals surface area contributed by atoms with Gasteiger partial charge in [-0.15, -0.1) is 10.2 Å². The van der Waals surface area contributed by atoms with Gasteiger partial charge < -0.3 is 19.1 Å². The van der Waals surface area contributed by atoms with E-state index in [-0.39, 0.29) is 17.3 Å². The Morgan fingerprint density at radius 1 is 1.41 bits per heavy atom. The smallest absolute Gasteiger partial charge is 0.274 e. The number of H-pyrrole nitrogens is 1. The van der Waals surface area contributed by atoms with E-state index in [1.807, 2.05) is 6.92 Å². The van der Waals surface area contributed by atoms with Crippen molar-refractivity contribution in [2.75, 3.05) is 0 Å². The quantitative estimate of drug-likeness (QED) is 0.724. The summed E-state index contributed by atoms with van der Waals surface area (Å²) < 4.78 is 7.82. The van der Waals surface area contributed by atoms with Gasteiger partial charge in [0, 0.05) is 28.8 Å². The van der Waals surface area contributed by atoms with Crippen molar-refractivity contribution in [1.82, 2.24) is 19.7 Å². The van der Waals surface area contributed by atoms with Crippen LogP contribution in [0.25, 0.3) is 22.4 Å². The van der Waals surface area contributed by atoms with E-state index < -0.39 is 5.60 Å². The second kappa shape index (κ2) is 4.79. The van der Waals surface area contributed by atoms with E-state index in [9.17, 15) is 9.90 Å². The average Bonchev–Trinajstić information content (AvgIpc) is 2.99. The Balaban J connectivity index is 2.32. The summed E-state index contributed by atoms with van der Waals surface area (Å²) in [4.78, 5) is 15.3. The van der Waals surface area contributed by atoms with Crippen molar-refractivity contribution in [2.24, 2.45) is 7.05 Å². The number of nitrogens with zero attached hydrogens (tertiary/aromatic N) is 3. The Bertz CT molecular complexity index is 930. The molecule has 2 N–H and O–H groups in total. The number of hydrogen-bond donors (Lipinski definition) is 2. The van der Waals surface area contributed by atoms with E-state index in [1.54, 1.807) is 27.1 Å². The highest BCUT2D eigenvalue weighted by molar-refractivity contribution is 9.10. The summed E-state index contributed by atoms with van der Waals surface area (Å²) in [6.07, 6.45) is 1.69. The number of rotatable bonds is 2. The van der Waals surface area contributed by atoms with Gasteiger partial charge >= 0.3 is 0 Å². The molecule has 0 aromatic carbocycles. The zero-order chi connectivity index (χ0) is 16.2. The Labute approximate surface area is 134 Å². The van der Waals surface area contributed by atoms with E-state index in [4.69, 9.17) is 4.42 Å². The molecule has 7 nitrogen and oxygen atoms in total. The predicted octanol–water partition coefficient (Wildman–Crippen LogP) is 2.21. The van der Waals surface area contributed by atoms with Crippen molar-refractivity contribution in [3.05, 3.63) is 32.6 Å². The second-order valence-electron chi connectivity index (χ2n) is 5.74. The lowest BCUT2D eigenvalue weighted by Gasteiger charge is -2.10. The van der Waals surface area contributed by atoms with Gasteiger partial charge in [0.25, 0.3) is 5.56 Å². The van der Waals surface area contributed by atoms with Gasteiger partial charge in [0.1, 0.15) is 11.1 Å². The van der Waals surface area contributed by atoms with Crippen LogP contribution in [0, 0.1) is 6.92 Å². The molecular weight excluding hydrogens is 352 g/mol. The molecule has 0 fully saturated rings. The fraction of sp³-hybridized carbons (Fsp3) is 0.357. The monoisotopic (exact) mass is 366 g/mol. The summed E-state index contributed by atoms with van der Waals surface area (Å²) in [6.45, 7) is 4.96. The van der Waals surface area contributed by atoms with Crippen LogP contribution in [0.3, 0.4) is 0 Å². The molecule has 3 heterocycles. The standard InChI is InChI=1S/C14H15BrN4O3/c1-6-8(11-17-18-13(22-11)14(2,3)21)9-7(15)5-19(4)12(20)10(9)16-6/h5,16,21H,1-4H3. The number of hydrogen-bond acceptors (Lipinski definition) is 5. The van der Waals surface area contributed by atoms with Gasteiger partial charge in [-0.2, -0.15) is 0 Å². The number of fused-ring (bicyclic) bond motifs is 1. The zero-order valence-electron chi connectivity index (χ0n) is 12.6. The van der Waals surface area contributed by atoms with Crippen molar-refractivity contribution in [3.8, 4) is 11.5 Å². The molecule has 8 heteroatoms. The largest absolute Gasteiger partial charge is 0.417 e. The van der Waals surface area contributed by atoms with Crippen LogP contribution in [0.5, 0.6) is 0 Å². The highest BCUT2D eigenvalue weighted by Crippen LogP contribution is 2.35. The van der Waals surface area contributed by atoms with Crippen LogP contribution >= 0.6 is 15.9 Å². The van der Waals surface area contributed by atoms with Crippen LogP contribution in [0.2, 0.25) is 0 Å². The van der Waals surface area contributed by atoms with Crippen molar-refractivity contribution in [3.63, 3.8) is 0 Å². The molecule has 3 rings (SSSR count). The third kappa shape index (κ3) is 2.19. The van der Waals surface area contributed by atoms with E-state index in [2.05, 4.69) is 31.1 Å². The first-order chi connectivity index (χ1) is 10.2. The predicted molar refractivity (Wildman–Crippen MR) is 84.5 cm³/mol. The minimum atomic E-state index is -1.22. The summed E-state index contributed by atoms with van der Waals surface area (Å²) in [5, 5.41) is 18.5. The first-order valence-corrected chi connectivity index (χ1v) is 7.43. The normalized spacial score (nSPS) is 12.3. The molecule has 0 bridgehead atoms. The molecule has 0 saturated heterocycles. The third-order valence-corrected chi connectivity index (χ3v) is 4.03. The first kappa shape index (κ1) is 15.0. The summed E-state index contributed by atoms with van der Waals surface area (Å²) in [5.74, 6) is 0.381.